The van der Waals surface area contributed by atoms with Gasteiger partial charge in [0, 0.05) is 30.9 Å². The van der Waals surface area contributed by atoms with Crippen LogP contribution in [0.2, 0.25) is 0 Å². The summed E-state index contributed by atoms with van der Waals surface area (Å²) in [5.41, 5.74) is 0.662. The molecule has 9 nitrogen and oxygen atoms in total. The van der Waals surface area contributed by atoms with Crippen molar-refractivity contribution in [2.75, 3.05) is 18.4 Å². The lowest BCUT2D eigenvalue weighted by Gasteiger charge is -2.15. The van der Waals surface area contributed by atoms with Crippen LogP contribution in [0.15, 0.2) is 30.4 Å². The third-order valence-electron chi connectivity index (χ3n) is 4.88. The third-order valence-corrected chi connectivity index (χ3v) is 5.24. The van der Waals surface area contributed by atoms with Gasteiger partial charge in [-0.15, -0.1) is 0 Å². The summed E-state index contributed by atoms with van der Waals surface area (Å²) in [7, 11) is 0. The number of hydrogen-bond acceptors (Lipinski definition) is 6. The average Bonchev–Trinajstić information content (AvgIpc) is 3.10. The molecule has 0 aliphatic carbocycles. The first-order valence-corrected chi connectivity index (χ1v) is 11.1. The van der Waals surface area contributed by atoms with Gasteiger partial charge in [-0.2, -0.15) is 12.6 Å². The zero-order valence-corrected chi connectivity index (χ0v) is 19.1. The van der Waals surface area contributed by atoms with Gasteiger partial charge in [-0.3, -0.25) is 28.9 Å². The maximum absolute atomic E-state index is 14.0. The van der Waals surface area contributed by atoms with Gasteiger partial charge in [0.25, 0.3) is 11.8 Å². The highest BCUT2D eigenvalue weighted by Crippen LogP contribution is 2.17. The van der Waals surface area contributed by atoms with E-state index < -0.39 is 23.7 Å². The van der Waals surface area contributed by atoms with Crippen molar-refractivity contribution in [1.82, 2.24) is 15.5 Å². The molecule has 1 unspecified atom stereocenters. The zero-order chi connectivity index (χ0) is 24.4. The highest BCUT2D eigenvalue weighted by atomic mass is 32.1. The van der Waals surface area contributed by atoms with E-state index >= 15 is 0 Å². The highest BCUT2D eigenvalue weighted by Gasteiger charge is 2.22. The minimum atomic E-state index is -0.941. The van der Waals surface area contributed by atoms with Crippen LogP contribution in [-0.4, -0.2) is 53.6 Å². The molecule has 1 atom stereocenters. The summed E-state index contributed by atoms with van der Waals surface area (Å²) in [6.07, 6.45) is 4.39. The van der Waals surface area contributed by atoms with Gasteiger partial charge in [0.2, 0.25) is 17.7 Å². The number of carbonyl (C=O) groups excluding carboxylic acids is 5. The van der Waals surface area contributed by atoms with E-state index in [0.717, 1.165) is 4.90 Å². The molecule has 178 valence electrons. The minimum absolute atomic E-state index is 0.00494. The predicted octanol–water partition coefficient (Wildman–Crippen LogP) is 1.30. The van der Waals surface area contributed by atoms with E-state index in [1.165, 1.54) is 31.2 Å². The van der Waals surface area contributed by atoms with Gasteiger partial charge in [-0.05, 0) is 37.5 Å². The van der Waals surface area contributed by atoms with E-state index in [4.69, 9.17) is 0 Å². The number of amides is 5. The first-order valence-electron chi connectivity index (χ1n) is 10.5. The van der Waals surface area contributed by atoms with Crippen LogP contribution in [0.25, 0.3) is 0 Å². The van der Waals surface area contributed by atoms with Gasteiger partial charge in [-0.25, -0.2) is 4.39 Å². The number of thiol groups is 1. The Balaban J connectivity index is 1.61. The van der Waals surface area contributed by atoms with Crippen molar-refractivity contribution in [3.63, 3.8) is 0 Å². The topological polar surface area (TPSA) is 125 Å². The van der Waals surface area contributed by atoms with E-state index in [-0.39, 0.29) is 36.4 Å². The van der Waals surface area contributed by atoms with Crippen molar-refractivity contribution >= 4 is 47.9 Å². The van der Waals surface area contributed by atoms with Crippen molar-refractivity contribution < 1.29 is 28.4 Å². The molecule has 1 aromatic carbocycles. The van der Waals surface area contributed by atoms with Gasteiger partial charge in [-0.1, -0.05) is 12.5 Å². The second-order valence-electron chi connectivity index (χ2n) is 7.50. The molecular formula is C22H27FN4O5S. The van der Waals surface area contributed by atoms with E-state index in [1.807, 2.05) is 0 Å². The zero-order valence-electron chi connectivity index (χ0n) is 18.2. The Morgan fingerprint density at radius 1 is 1.06 bits per heavy atom. The SMILES string of the molecule is CC(NC(=O)CNC(=O)CCCCCN1C(=O)C=CC1=O)C(=O)Nc1ccc(CS)cc1F. The van der Waals surface area contributed by atoms with Gasteiger partial charge in [0.1, 0.15) is 11.9 Å². The molecular weight excluding hydrogens is 451 g/mol. The van der Waals surface area contributed by atoms with E-state index in [2.05, 4.69) is 28.6 Å². The molecule has 1 heterocycles. The molecule has 0 bridgehead atoms. The monoisotopic (exact) mass is 478 g/mol. The van der Waals surface area contributed by atoms with Crippen molar-refractivity contribution in [2.45, 2.75) is 44.4 Å². The maximum atomic E-state index is 14.0. The maximum Gasteiger partial charge on any atom is 0.253 e. The van der Waals surface area contributed by atoms with Gasteiger partial charge in [0.05, 0.1) is 12.2 Å². The van der Waals surface area contributed by atoms with Crippen molar-refractivity contribution in [1.29, 1.82) is 0 Å². The fourth-order valence-electron chi connectivity index (χ4n) is 3.01. The summed E-state index contributed by atoms with van der Waals surface area (Å²) in [6.45, 7) is 1.45. The number of nitrogens with one attached hydrogen (secondary N) is 3. The van der Waals surface area contributed by atoms with Crippen LogP contribution < -0.4 is 16.0 Å². The number of nitrogens with zero attached hydrogens (tertiary/aromatic N) is 1. The molecule has 1 aromatic rings. The summed E-state index contributed by atoms with van der Waals surface area (Å²) in [5, 5.41) is 7.31. The van der Waals surface area contributed by atoms with Crippen molar-refractivity contribution in [3.05, 3.63) is 41.7 Å². The molecule has 5 amide bonds. The van der Waals surface area contributed by atoms with Crippen LogP contribution >= 0.6 is 12.6 Å². The Morgan fingerprint density at radius 2 is 1.76 bits per heavy atom. The number of unbranched alkanes of at least 4 members (excludes halogenated alkanes) is 2. The van der Waals surface area contributed by atoms with E-state index in [1.54, 1.807) is 6.07 Å². The standard InChI is InChI=1S/C22H27FN4O5S/c1-14(22(32)26-17-7-6-15(13-33)11-16(17)23)25-19(29)12-24-18(28)5-3-2-4-10-27-20(30)8-9-21(27)31/h6-9,11,14,33H,2-5,10,12-13H2,1H3,(H,24,28)(H,25,29)(H,26,32). The first-order chi connectivity index (χ1) is 15.7. The number of imide groups is 1. The second kappa shape index (κ2) is 12.7. The van der Waals surface area contributed by atoms with Crippen LogP contribution in [0.3, 0.4) is 0 Å². The largest absolute Gasteiger partial charge is 0.347 e. The number of rotatable bonds is 12. The number of halogens is 1. The van der Waals surface area contributed by atoms with Crippen LogP contribution in [0.5, 0.6) is 0 Å². The molecule has 0 aromatic heterocycles. The Labute approximate surface area is 196 Å². The number of anilines is 1. The number of carbonyl (C=O) groups is 5. The van der Waals surface area contributed by atoms with Crippen LogP contribution in [0.1, 0.15) is 38.2 Å². The summed E-state index contributed by atoms with van der Waals surface area (Å²) in [6, 6.07) is 3.38. The Morgan fingerprint density at radius 3 is 2.39 bits per heavy atom. The normalized spacial score (nSPS) is 13.7. The first kappa shape index (κ1) is 26.0. The lowest BCUT2D eigenvalue weighted by atomic mass is 10.2. The number of hydrogen-bond donors (Lipinski definition) is 4. The molecule has 0 spiro atoms. The number of benzene rings is 1. The Bertz CT molecular complexity index is 935. The second-order valence-corrected chi connectivity index (χ2v) is 7.82. The van der Waals surface area contributed by atoms with Crippen LogP contribution in [0, 0.1) is 5.82 Å². The fraction of sp³-hybridized carbons (Fsp3) is 0.409. The molecule has 1 aliphatic heterocycles. The molecule has 33 heavy (non-hydrogen) atoms. The van der Waals surface area contributed by atoms with E-state index in [0.29, 0.717) is 37.1 Å². The molecule has 0 saturated carbocycles. The Kier molecular flexibility index (Phi) is 10.0. The molecule has 11 heteroatoms. The molecule has 0 saturated heterocycles. The van der Waals surface area contributed by atoms with Crippen LogP contribution in [-0.2, 0) is 29.7 Å². The quantitative estimate of drug-likeness (QED) is 0.205. The van der Waals surface area contributed by atoms with Crippen LogP contribution in [0.4, 0.5) is 10.1 Å². The summed E-state index contributed by atoms with van der Waals surface area (Å²) >= 11 is 4.06. The molecule has 2 rings (SSSR count). The van der Waals surface area contributed by atoms with Gasteiger partial charge in [0.15, 0.2) is 0 Å². The predicted molar refractivity (Wildman–Crippen MR) is 123 cm³/mol. The third kappa shape index (κ3) is 8.33. The van der Waals surface area contributed by atoms with Crippen molar-refractivity contribution in [2.24, 2.45) is 0 Å². The van der Waals surface area contributed by atoms with E-state index in [9.17, 15) is 28.4 Å². The summed E-state index contributed by atoms with van der Waals surface area (Å²) < 4.78 is 14.0. The van der Waals surface area contributed by atoms with Gasteiger partial charge >= 0.3 is 0 Å². The van der Waals surface area contributed by atoms with Crippen molar-refractivity contribution in [3.8, 4) is 0 Å². The molecule has 0 fully saturated rings. The molecule has 0 radical (unpaired) electrons. The minimum Gasteiger partial charge on any atom is -0.347 e. The fourth-order valence-corrected chi connectivity index (χ4v) is 3.21. The smallest absolute Gasteiger partial charge is 0.253 e. The summed E-state index contributed by atoms with van der Waals surface area (Å²) in [4.78, 5) is 60.0. The summed E-state index contributed by atoms with van der Waals surface area (Å²) in [5.74, 6) is -2.39. The Hall–Kier alpha value is -3.21. The lowest BCUT2D eigenvalue weighted by molar-refractivity contribution is -0.137. The van der Waals surface area contributed by atoms with Gasteiger partial charge < -0.3 is 16.0 Å². The highest BCUT2D eigenvalue weighted by molar-refractivity contribution is 7.79. The lowest BCUT2D eigenvalue weighted by Crippen LogP contribution is -2.45. The average molecular weight is 479 g/mol. The molecule has 3 N–H and O–H groups in total. The molecule has 1 aliphatic rings.